The van der Waals surface area contributed by atoms with E-state index in [0.717, 1.165) is 11.3 Å². The van der Waals surface area contributed by atoms with Crippen LogP contribution < -0.4 is 0 Å². The van der Waals surface area contributed by atoms with Gasteiger partial charge in [0, 0.05) is 24.2 Å². The van der Waals surface area contributed by atoms with Crippen LogP contribution in [-0.2, 0) is 14.3 Å². The first-order valence-electron chi connectivity index (χ1n) is 6.45. The molecule has 0 spiro atoms. The number of aliphatic hydroxyl groups is 1. The van der Waals surface area contributed by atoms with Gasteiger partial charge in [-0.05, 0) is 24.6 Å². The van der Waals surface area contributed by atoms with Crippen LogP contribution in [0.15, 0.2) is 18.3 Å². The van der Waals surface area contributed by atoms with Crippen molar-refractivity contribution in [2.45, 2.75) is 37.6 Å². The van der Waals surface area contributed by atoms with Crippen LogP contribution >= 0.6 is 0 Å². The van der Waals surface area contributed by atoms with Gasteiger partial charge in [-0.2, -0.15) is 0 Å². The molecule has 1 N–H and O–H groups in total. The maximum Gasteiger partial charge on any atom is 0.312 e. The molecule has 19 heavy (non-hydrogen) atoms. The maximum atomic E-state index is 12.0. The highest BCUT2D eigenvalue weighted by Gasteiger charge is 2.57. The first kappa shape index (κ1) is 12.6. The minimum Gasteiger partial charge on any atom is -0.469 e. The lowest BCUT2D eigenvalue weighted by molar-refractivity contribution is -0.147. The first-order chi connectivity index (χ1) is 9.11. The second kappa shape index (κ2) is 4.58. The molecule has 5 atom stereocenters. The van der Waals surface area contributed by atoms with E-state index in [9.17, 15) is 9.90 Å². The van der Waals surface area contributed by atoms with E-state index in [1.807, 2.05) is 19.1 Å². The van der Waals surface area contributed by atoms with E-state index in [4.69, 9.17) is 9.47 Å². The zero-order chi connectivity index (χ0) is 13.6. The molecule has 2 saturated heterocycles. The van der Waals surface area contributed by atoms with Crippen molar-refractivity contribution in [3.63, 3.8) is 0 Å². The summed E-state index contributed by atoms with van der Waals surface area (Å²) in [4.78, 5) is 16.1. The lowest BCUT2D eigenvalue weighted by atomic mass is 9.74. The number of methoxy groups -OCH3 is 1. The van der Waals surface area contributed by atoms with Gasteiger partial charge in [-0.25, -0.2) is 0 Å². The fourth-order valence-electron chi connectivity index (χ4n) is 3.32. The average molecular weight is 263 g/mol. The third-order valence-corrected chi connectivity index (χ3v) is 4.11. The molecule has 0 aromatic carbocycles. The van der Waals surface area contributed by atoms with E-state index in [0.29, 0.717) is 6.42 Å². The number of esters is 1. The van der Waals surface area contributed by atoms with Crippen molar-refractivity contribution in [1.82, 2.24) is 4.98 Å². The molecule has 0 amide bonds. The molecule has 3 rings (SSSR count). The molecule has 1 aromatic rings. The molecule has 2 bridgehead atoms. The Kier molecular flexibility index (Phi) is 3.03. The molecule has 0 radical (unpaired) electrons. The molecule has 2 fully saturated rings. The number of aryl methyl sites for hydroxylation is 1. The topological polar surface area (TPSA) is 68.7 Å². The zero-order valence-corrected chi connectivity index (χ0v) is 10.9. The molecular weight excluding hydrogens is 246 g/mol. The van der Waals surface area contributed by atoms with Crippen molar-refractivity contribution in [2.24, 2.45) is 5.92 Å². The highest BCUT2D eigenvalue weighted by Crippen LogP contribution is 2.49. The van der Waals surface area contributed by atoms with Crippen LogP contribution in [0.1, 0.15) is 23.6 Å². The van der Waals surface area contributed by atoms with Gasteiger partial charge < -0.3 is 14.6 Å². The Morgan fingerprint density at radius 2 is 2.37 bits per heavy atom. The van der Waals surface area contributed by atoms with Crippen LogP contribution in [0.2, 0.25) is 0 Å². The molecule has 3 heterocycles. The van der Waals surface area contributed by atoms with Crippen molar-refractivity contribution in [2.75, 3.05) is 7.11 Å². The Hall–Kier alpha value is -1.46. The van der Waals surface area contributed by atoms with Crippen molar-refractivity contribution >= 4 is 5.97 Å². The largest absolute Gasteiger partial charge is 0.469 e. The fraction of sp³-hybridized carbons (Fsp3) is 0.571. The third-order valence-electron chi connectivity index (χ3n) is 4.11. The van der Waals surface area contributed by atoms with E-state index < -0.39 is 6.10 Å². The van der Waals surface area contributed by atoms with E-state index in [-0.39, 0.29) is 30.0 Å². The van der Waals surface area contributed by atoms with Crippen molar-refractivity contribution in [3.8, 4) is 0 Å². The van der Waals surface area contributed by atoms with Crippen LogP contribution in [-0.4, -0.2) is 41.5 Å². The quantitative estimate of drug-likeness (QED) is 0.799. The number of hydrogen-bond acceptors (Lipinski definition) is 5. The summed E-state index contributed by atoms with van der Waals surface area (Å²) in [6, 6.07) is 3.82. The van der Waals surface area contributed by atoms with Crippen LogP contribution in [0.4, 0.5) is 0 Å². The normalized spacial score (nSPS) is 36.5. The third kappa shape index (κ3) is 1.93. The predicted octanol–water partition coefficient (Wildman–Crippen LogP) is 0.795. The summed E-state index contributed by atoms with van der Waals surface area (Å²) in [6.07, 6.45) is 1.15. The summed E-state index contributed by atoms with van der Waals surface area (Å²) < 4.78 is 10.6. The molecule has 2 aliphatic rings. The summed E-state index contributed by atoms with van der Waals surface area (Å²) in [6.45, 7) is 1.90. The maximum absolute atomic E-state index is 12.0. The lowest BCUT2D eigenvalue weighted by Crippen LogP contribution is -2.39. The number of aromatic nitrogens is 1. The van der Waals surface area contributed by atoms with Gasteiger partial charge >= 0.3 is 5.97 Å². The standard InChI is InChI=1S/C14H17NO4/c1-7-5-8(3-4-15-7)11-12(14(17)18-2)10-6-9(16)13(11)19-10/h3-5,9-13,16H,6H2,1-2H3/t9-,10+,11+,12-,13-/m0/s1. The Morgan fingerprint density at radius 1 is 1.58 bits per heavy atom. The van der Waals surface area contributed by atoms with Gasteiger partial charge in [0.15, 0.2) is 0 Å². The number of nitrogens with zero attached hydrogens (tertiary/aromatic N) is 1. The van der Waals surface area contributed by atoms with Gasteiger partial charge in [0.2, 0.25) is 0 Å². The number of ether oxygens (including phenoxy) is 2. The Morgan fingerprint density at radius 3 is 3.05 bits per heavy atom. The average Bonchev–Trinajstić information content (AvgIpc) is 2.94. The molecule has 0 aliphatic carbocycles. The summed E-state index contributed by atoms with van der Waals surface area (Å²) in [7, 11) is 1.39. The highest BCUT2D eigenvalue weighted by molar-refractivity contribution is 5.75. The van der Waals surface area contributed by atoms with Crippen molar-refractivity contribution < 1.29 is 19.4 Å². The number of hydrogen-bond donors (Lipinski definition) is 1. The van der Waals surface area contributed by atoms with Gasteiger partial charge in [0.1, 0.15) is 0 Å². The molecule has 1 aromatic heterocycles. The smallest absolute Gasteiger partial charge is 0.312 e. The fourth-order valence-corrected chi connectivity index (χ4v) is 3.32. The molecule has 102 valence electrons. The SMILES string of the molecule is COC(=O)[C@@H]1[C@@H](c2ccnc(C)c2)[C@H]2O[C@@H]1C[C@@H]2O. The number of carbonyl (C=O) groups is 1. The van der Waals surface area contributed by atoms with Crippen LogP contribution in [0.3, 0.4) is 0 Å². The molecule has 0 saturated carbocycles. The minimum absolute atomic E-state index is 0.150. The number of aliphatic hydroxyl groups excluding tert-OH is 1. The summed E-state index contributed by atoms with van der Waals surface area (Å²) in [5, 5.41) is 10.00. The van der Waals surface area contributed by atoms with Crippen molar-refractivity contribution in [1.29, 1.82) is 0 Å². The summed E-state index contributed by atoms with van der Waals surface area (Å²) in [5.41, 5.74) is 1.87. The van der Waals surface area contributed by atoms with Gasteiger partial charge in [0.05, 0.1) is 31.3 Å². The second-order valence-corrected chi connectivity index (χ2v) is 5.25. The zero-order valence-electron chi connectivity index (χ0n) is 10.9. The Bertz CT molecular complexity index is 504. The van der Waals surface area contributed by atoms with Gasteiger partial charge in [-0.3, -0.25) is 9.78 Å². The highest BCUT2D eigenvalue weighted by atomic mass is 16.5. The number of fused-ring (bicyclic) bond motifs is 2. The lowest BCUT2D eigenvalue weighted by Gasteiger charge is -2.29. The molecular formula is C14H17NO4. The Balaban J connectivity index is 1.98. The van der Waals surface area contributed by atoms with E-state index in [2.05, 4.69) is 4.98 Å². The van der Waals surface area contributed by atoms with Crippen LogP contribution in [0, 0.1) is 12.8 Å². The molecule has 5 nitrogen and oxygen atoms in total. The number of rotatable bonds is 2. The van der Waals surface area contributed by atoms with Gasteiger partial charge in [0.25, 0.3) is 0 Å². The summed E-state index contributed by atoms with van der Waals surface area (Å²) >= 11 is 0. The van der Waals surface area contributed by atoms with E-state index in [1.165, 1.54) is 7.11 Å². The second-order valence-electron chi connectivity index (χ2n) is 5.25. The van der Waals surface area contributed by atoms with E-state index >= 15 is 0 Å². The number of pyridine rings is 1. The first-order valence-corrected chi connectivity index (χ1v) is 6.45. The molecule has 5 heteroatoms. The minimum atomic E-state index is -0.510. The van der Waals surface area contributed by atoms with Crippen LogP contribution in [0.25, 0.3) is 0 Å². The predicted molar refractivity (Wildman–Crippen MR) is 66.5 cm³/mol. The molecule has 2 aliphatic heterocycles. The van der Waals surface area contributed by atoms with Gasteiger partial charge in [-0.15, -0.1) is 0 Å². The Labute approximate surface area is 111 Å². The number of carbonyl (C=O) groups excluding carboxylic acids is 1. The molecule has 0 unspecified atom stereocenters. The monoisotopic (exact) mass is 263 g/mol. The summed E-state index contributed by atoms with van der Waals surface area (Å²) in [5.74, 6) is -0.748. The van der Waals surface area contributed by atoms with Crippen molar-refractivity contribution in [3.05, 3.63) is 29.6 Å². The van der Waals surface area contributed by atoms with Crippen LogP contribution in [0.5, 0.6) is 0 Å². The van der Waals surface area contributed by atoms with Gasteiger partial charge in [-0.1, -0.05) is 0 Å². The van der Waals surface area contributed by atoms with E-state index in [1.54, 1.807) is 6.20 Å².